The Hall–Kier alpha value is -2.04. The fourth-order valence-electron chi connectivity index (χ4n) is 1.80. The molecule has 5 nitrogen and oxygen atoms in total. The third-order valence-electron chi connectivity index (χ3n) is 2.78. The van der Waals surface area contributed by atoms with Gasteiger partial charge in [0, 0.05) is 13.5 Å². The van der Waals surface area contributed by atoms with Crippen LogP contribution in [-0.4, -0.2) is 17.6 Å². The molecule has 0 saturated carbocycles. The second kappa shape index (κ2) is 5.73. The lowest BCUT2D eigenvalue weighted by atomic mass is 10.1. The normalized spacial score (nSPS) is 10.9. The van der Waals surface area contributed by atoms with E-state index in [1.165, 1.54) is 0 Å². The molecule has 2 amide bonds. The summed E-state index contributed by atoms with van der Waals surface area (Å²) < 4.78 is 5.49. The van der Waals surface area contributed by atoms with E-state index in [0.717, 1.165) is 11.9 Å². The number of hydrogen-bond donors (Lipinski definition) is 2. The van der Waals surface area contributed by atoms with Crippen molar-refractivity contribution in [3.05, 3.63) is 24.1 Å². The van der Waals surface area contributed by atoms with Crippen molar-refractivity contribution >= 4 is 22.8 Å². The summed E-state index contributed by atoms with van der Waals surface area (Å²) >= 11 is 0. The zero-order valence-electron chi connectivity index (χ0n) is 11.5. The second-order valence-electron chi connectivity index (χ2n) is 4.95. The molecule has 0 radical (unpaired) electrons. The van der Waals surface area contributed by atoms with Crippen LogP contribution in [0.1, 0.15) is 26.2 Å². The Balaban J connectivity index is 2.02. The number of para-hydroxylation sites is 1. The highest BCUT2D eigenvalue weighted by Gasteiger charge is 2.09. The van der Waals surface area contributed by atoms with Crippen molar-refractivity contribution in [1.82, 2.24) is 10.3 Å². The van der Waals surface area contributed by atoms with Gasteiger partial charge in [-0.25, -0.2) is 9.78 Å². The number of amides is 2. The first-order valence-corrected chi connectivity index (χ1v) is 6.47. The number of urea groups is 1. The Bertz CT molecular complexity index is 575. The molecule has 0 unspecified atom stereocenters. The quantitative estimate of drug-likeness (QED) is 0.887. The summed E-state index contributed by atoms with van der Waals surface area (Å²) in [6.07, 6.45) is 0.957. The Morgan fingerprint density at radius 1 is 1.42 bits per heavy atom. The van der Waals surface area contributed by atoms with Gasteiger partial charge in [0.15, 0.2) is 11.5 Å². The molecular formula is C14H19N3O2. The van der Waals surface area contributed by atoms with Crippen LogP contribution in [0, 0.1) is 12.8 Å². The molecule has 19 heavy (non-hydrogen) atoms. The van der Waals surface area contributed by atoms with Crippen molar-refractivity contribution < 1.29 is 9.21 Å². The summed E-state index contributed by atoms with van der Waals surface area (Å²) in [5, 5.41) is 5.61. The van der Waals surface area contributed by atoms with Gasteiger partial charge >= 0.3 is 6.03 Å². The number of anilines is 1. The molecule has 5 heteroatoms. The van der Waals surface area contributed by atoms with Crippen molar-refractivity contribution in [2.24, 2.45) is 5.92 Å². The first-order chi connectivity index (χ1) is 9.06. The number of aryl methyl sites for hydroxylation is 1. The number of oxazole rings is 1. The van der Waals surface area contributed by atoms with E-state index in [1.807, 2.05) is 12.1 Å². The van der Waals surface area contributed by atoms with Crippen LogP contribution in [-0.2, 0) is 0 Å². The summed E-state index contributed by atoms with van der Waals surface area (Å²) in [6.45, 7) is 6.69. The maximum Gasteiger partial charge on any atom is 0.319 e. The van der Waals surface area contributed by atoms with Crippen molar-refractivity contribution in [3.8, 4) is 0 Å². The van der Waals surface area contributed by atoms with Gasteiger partial charge in [0.2, 0.25) is 0 Å². The molecule has 0 aliphatic rings. The van der Waals surface area contributed by atoms with Gasteiger partial charge in [0.05, 0.1) is 5.69 Å². The van der Waals surface area contributed by atoms with E-state index in [-0.39, 0.29) is 6.03 Å². The van der Waals surface area contributed by atoms with E-state index in [0.29, 0.717) is 29.6 Å². The maximum atomic E-state index is 11.8. The number of aromatic nitrogens is 1. The predicted molar refractivity (Wildman–Crippen MR) is 75.2 cm³/mol. The van der Waals surface area contributed by atoms with Crippen LogP contribution in [0.4, 0.5) is 10.5 Å². The SMILES string of the molecule is Cc1nc2cccc(NC(=O)NCCC(C)C)c2o1. The topological polar surface area (TPSA) is 67.2 Å². The zero-order chi connectivity index (χ0) is 13.8. The van der Waals surface area contributed by atoms with Gasteiger partial charge in [-0.05, 0) is 24.5 Å². The van der Waals surface area contributed by atoms with Crippen LogP contribution < -0.4 is 10.6 Å². The average molecular weight is 261 g/mol. The van der Waals surface area contributed by atoms with Crippen LogP contribution in [0.5, 0.6) is 0 Å². The number of fused-ring (bicyclic) bond motifs is 1. The molecule has 1 aromatic carbocycles. The molecule has 2 rings (SSSR count). The molecule has 0 aliphatic carbocycles. The number of carbonyl (C=O) groups is 1. The molecule has 0 bridgehead atoms. The van der Waals surface area contributed by atoms with E-state index >= 15 is 0 Å². The molecule has 2 aromatic rings. The van der Waals surface area contributed by atoms with Crippen LogP contribution in [0.25, 0.3) is 11.1 Å². The molecule has 102 valence electrons. The Morgan fingerprint density at radius 3 is 2.95 bits per heavy atom. The van der Waals surface area contributed by atoms with E-state index in [2.05, 4.69) is 29.5 Å². The van der Waals surface area contributed by atoms with Crippen molar-refractivity contribution in [3.63, 3.8) is 0 Å². The standard InChI is InChI=1S/C14H19N3O2/c1-9(2)7-8-15-14(18)17-12-6-4-5-11-13(12)19-10(3)16-11/h4-6,9H,7-8H2,1-3H3,(H2,15,17,18). The average Bonchev–Trinajstić information content (AvgIpc) is 2.70. The van der Waals surface area contributed by atoms with Gasteiger partial charge in [0.1, 0.15) is 5.52 Å². The van der Waals surface area contributed by atoms with Crippen LogP contribution in [0.15, 0.2) is 22.6 Å². The summed E-state index contributed by atoms with van der Waals surface area (Å²) in [4.78, 5) is 16.0. The minimum atomic E-state index is -0.220. The van der Waals surface area contributed by atoms with Crippen molar-refractivity contribution in [2.75, 3.05) is 11.9 Å². The van der Waals surface area contributed by atoms with Gasteiger partial charge in [-0.15, -0.1) is 0 Å². The fraction of sp³-hybridized carbons (Fsp3) is 0.429. The highest BCUT2D eigenvalue weighted by atomic mass is 16.3. The van der Waals surface area contributed by atoms with E-state index in [4.69, 9.17) is 4.42 Å². The molecule has 0 fully saturated rings. The number of hydrogen-bond acceptors (Lipinski definition) is 3. The van der Waals surface area contributed by atoms with Gasteiger partial charge in [-0.3, -0.25) is 0 Å². The van der Waals surface area contributed by atoms with E-state index in [1.54, 1.807) is 13.0 Å². The monoisotopic (exact) mass is 261 g/mol. The minimum absolute atomic E-state index is 0.220. The number of rotatable bonds is 4. The van der Waals surface area contributed by atoms with Crippen LogP contribution in [0.3, 0.4) is 0 Å². The minimum Gasteiger partial charge on any atom is -0.439 e. The highest BCUT2D eigenvalue weighted by Crippen LogP contribution is 2.23. The summed E-state index contributed by atoms with van der Waals surface area (Å²) in [5.74, 6) is 1.16. The van der Waals surface area contributed by atoms with Crippen molar-refractivity contribution in [1.29, 1.82) is 0 Å². The number of nitrogens with zero attached hydrogens (tertiary/aromatic N) is 1. The third-order valence-corrected chi connectivity index (χ3v) is 2.78. The molecule has 2 N–H and O–H groups in total. The molecule has 1 aromatic heterocycles. The second-order valence-corrected chi connectivity index (χ2v) is 4.95. The molecule has 0 atom stereocenters. The fourth-order valence-corrected chi connectivity index (χ4v) is 1.80. The van der Waals surface area contributed by atoms with Crippen LogP contribution in [0.2, 0.25) is 0 Å². The molecule has 0 spiro atoms. The molecule has 0 saturated heterocycles. The Kier molecular flexibility index (Phi) is 4.04. The first kappa shape index (κ1) is 13.4. The largest absolute Gasteiger partial charge is 0.439 e. The number of benzene rings is 1. The molecular weight excluding hydrogens is 242 g/mol. The lowest BCUT2D eigenvalue weighted by molar-refractivity contribution is 0.251. The smallest absolute Gasteiger partial charge is 0.319 e. The van der Waals surface area contributed by atoms with E-state index in [9.17, 15) is 4.79 Å². The lowest BCUT2D eigenvalue weighted by Gasteiger charge is -2.08. The Morgan fingerprint density at radius 2 is 2.21 bits per heavy atom. The van der Waals surface area contributed by atoms with Gasteiger partial charge in [-0.2, -0.15) is 0 Å². The van der Waals surface area contributed by atoms with Crippen LogP contribution >= 0.6 is 0 Å². The summed E-state index contributed by atoms with van der Waals surface area (Å²) in [5.41, 5.74) is 2.00. The zero-order valence-corrected chi connectivity index (χ0v) is 11.5. The van der Waals surface area contributed by atoms with Gasteiger partial charge < -0.3 is 15.1 Å². The maximum absolute atomic E-state index is 11.8. The molecule has 0 aliphatic heterocycles. The van der Waals surface area contributed by atoms with Crippen molar-refractivity contribution in [2.45, 2.75) is 27.2 Å². The van der Waals surface area contributed by atoms with Gasteiger partial charge in [-0.1, -0.05) is 19.9 Å². The van der Waals surface area contributed by atoms with E-state index < -0.39 is 0 Å². The first-order valence-electron chi connectivity index (χ1n) is 6.47. The summed E-state index contributed by atoms with van der Waals surface area (Å²) in [6, 6.07) is 5.28. The van der Waals surface area contributed by atoms with Gasteiger partial charge in [0.25, 0.3) is 0 Å². The number of carbonyl (C=O) groups excluding carboxylic acids is 1. The summed E-state index contributed by atoms with van der Waals surface area (Å²) in [7, 11) is 0. The highest BCUT2D eigenvalue weighted by molar-refractivity contribution is 5.97. The Labute approximate surface area is 112 Å². The number of nitrogens with one attached hydrogen (secondary N) is 2. The molecule has 1 heterocycles. The lowest BCUT2D eigenvalue weighted by Crippen LogP contribution is -2.30. The third kappa shape index (κ3) is 3.47. The predicted octanol–water partition coefficient (Wildman–Crippen LogP) is 3.30.